The lowest BCUT2D eigenvalue weighted by molar-refractivity contribution is -0.135. The van der Waals surface area contributed by atoms with E-state index in [2.05, 4.69) is 20.9 Å². The molecule has 2 unspecified atom stereocenters. The summed E-state index contributed by atoms with van der Waals surface area (Å²) in [5.74, 6) is -2.59. The molecule has 28 heavy (non-hydrogen) atoms. The van der Waals surface area contributed by atoms with Gasteiger partial charge in [-0.05, 0) is 29.8 Å². The van der Waals surface area contributed by atoms with Crippen LogP contribution in [-0.2, 0) is 9.59 Å². The smallest absolute Gasteiger partial charge is 0.293 e. The first-order chi connectivity index (χ1) is 13.6. The zero-order valence-electron chi connectivity index (χ0n) is 14.7. The number of hydrogen-bond donors (Lipinski definition) is 0. The van der Waals surface area contributed by atoms with Gasteiger partial charge in [0.2, 0.25) is 5.78 Å². The zero-order chi connectivity index (χ0) is 19.7. The first-order valence-corrected chi connectivity index (χ1v) is 9.50. The number of Topliss-reactive ketones (excluding diaryl/α,β-unsaturated/α-hetero) is 2. The molecule has 1 aliphatic rings. The van der Waals surface area contributed by atoms with Crippen molar-refractivity contribution in [1.82, 2.24) is 4.98 Å². The lowest BCUT2D eigenvalue weighted by Crippen LogP contribution is -2.31. The van der Waals surface area contributed by atoms with Crippen LogP contribution in [0.1, 0.15) is 22.0 Å². The average Bonchev–Trinajstić information content (AvgIpc) is 3.00. The molecule has 138 valence electrons. The highest BCUT2D eigenvalue weighted by atomic mass is 79.9. The molecule has 0 radical (unpaired) electrons. The van der Waals surface area contributed by atoms with Crippen molar-refractivity contribution in [3.05, 3.63) is 94.6 Å². The van der Waals surface area contributed by atoms with Crippen LogP contribution >= 0.6 is 15.9 Å². The predicted octanol–water partition coefficient (Wildman–Crippen LogP) is 4.00. The molecule has 2 aromatic carbocycles. The molecular formula is C22H15BrN2O3. The number of carbonyl (C=O) groups is 3. The summed E-state index contributed by atoms with van der Waals surface area (Å²) in [4.78, 5) is 44.6. The van der Waals surface area contributed by atoms with Gasteiger partial charge in [-0.3, -0.25) is 19.3 Å². The van der Waals surface area contributed by atoms with E-state index in [1.807, 2.05) is 30.3 Å². The maximum absolute atomic E-state index is 13.2. The molecule has 1 aliphatic heterocycles. The van der Waals surface area contributed by atoms with Gasteiger partial charge in [-0.1, -0.05) is 64.5 Å². The van der Waals surface area contributed by atoms with Gasteiger partial charge in [0, 0.05) is 16.2 Å². The summed E-state index contributed by atoms with van der Waals surface area (Å²) < 4.78 is 0.826. The van der Waals surface area contributed by atoms with E-state index in [0.717, 1.165) is 4.47 Å². The van der Waals surface area contributed by atoms with Crippen molar-refractivity contribution < 1.29 is 14.4 Å². The van der Waals surface area contributed by atoms with Crippen molar-refractivity contribution in [3.8, 4) is 0 Å². The number of carbonyl (C=O) groups excluding carboxylic acids is 3. The zero-order valence-corrected chi connectivity index (χ0v) is 16.2. The monoisotopic (exact) mass is 434 g/mol. The van der Waals surface area contributed by atoms with E-state index in [1.165, 1.54) is 4.90 Å². The Morgan fingerprint density at radius 3 is 2.21 bits per heavy atom. The van der Waals surface area contributed by atoms with E-state index in [9.17, 15) is 14.4 Å². The van der Waals surface area contributed by atoms with Gasteiger partial charge in [0.25, 0.3) is 5.91 Å². The summed E-state index contributed by atoms with van der Waals surface area (Å²) in [7, 11) is 0. The Morgan fingerprint density at radius 1 is 0.893 bits per heavy atom. The molecule has 0 bridgehead atoms. The Labute approximate surface area is 170 Å². The van der Waals surface area contributed by atoms with Crippen molar-refractivity contribution in [2.45, 2.75) is 6.04 Å². The average molecular weight is 435 g/mol. The van der Waals surface area contributed by atoms with Crippen molar-refractivity contribution >= 4 is 39.2 Å². The molecule has 1 saturated heterocycles. The van der Waals surface area contributed by atoms with E-state index in [1.54, 1.807) is 48.7 Å². The number of rotatable bonds is 4. The summed E-state index contributed by atoms with van der Waals surface area (Å²) >= 11 is 3.34. The van der Waals surface area contributed by atoms with Gasteiger partial charge in [-0.15, -0.1) is 0 Å². The number of amides is 1. The third-order valence-corrected chi connectivity index (χ3v) is 5.28. The number of ketones is 2. The molecule has 3 aromatic rings. The molecule has 0 saturated carbocycles. The van der Waals surface area contributed by atoms with Crippen molar-refractivity contribution in [3.63, 3.8) is 0 Å². The fourth-order valence-corrected chi connectivity index (χ4v) is 3.73. The SMILES string of the molecule is O=C1C(=O)N(c2ccccn2)C(c2ccccc2)C1C(=O)c1ccc(Br)cc1. The molecule has 4 rings (SSSR count). The fourth-order valence-electron chi connectivity index (χ4n) is 3.46. The van der Waals surface area contributed by atoms with Crippen LogP contribution in [0.4, 0.5) is 5.82 Å². The maximum atomic E-state index is 13.2. The maximum Gasteiger partial charge on any atom is 0.297 e. The fraction of sp³-hybridized carbons (Fsp3) is 0.0909. The number of benzene rings is 2. The second-order valence-electron chi connectivity index (χ2n) is 6.43. The normalized spacial score (nSPS) is 19.1. The van der Waals surface area contributed by atoms with Gasteiger partial charge in [0.15, 0.2) is 5.78 Å². The number of aromatic nitrogens is 1. The minimum atomic E-state index is -1.13. The molecule has 0 aliphatic carbocycles. The standard InChI is InChI=1S/C22H15BrN2O3/c23-16-11-9-15(10-12-16)20(26)18-19(14-6-2-1-3-7-14)25(22(28)21(18)27)17-8-4-5-13-24-17/h1-13,18-19H. The van der Waals surface area contributed by atoms with Crippen LogP contribution in [0, 0.1) is 5.92 Å². The second-order valence-corrected chi connectivity index (χ2v) is 7.35. The van der Waals surface area contributed by atoms with Gasteiger partial charge < -0.3 is 0 Å². The third-order valence-electron chi connectivity index (χ3n) is 4.75. The van der Waals surface area contributed by atoms with Gasteiger partial charge in [-0.2, -0.15) is 0 Å². The van der Waals surface area contributed by atoms with Crippen LogP contribution in [0.15, 0.2) is 83.5 Å². The van der Waals surface area contributed by atoms with E-state index < -0.39 is 23.7 Å². The Balaban J connectivity index is 1.84. The highest BCUT2D eigenvalue weighted by Gasteiger charge is 2.52. The highest BCUT2D eigenvalue weighted by molar-refractivity contribution is 9.10. The first kappa shape index (κ1) is 18.3. The molecule has 0 spiro atoms. The van der Waals surface area contributed by atoms with Crippen LogP contribution < -0.4 is 4.90 Å². The van der Waals surface area contributed by atoms with Crippen molar-refractivity contribution in [1.29, 1.82) is 0 Å². The number of anilines is 1. The lowest BCUT2D eigenvalue weighted by atomic mass is 9.86. The summed E-state index contributed by atoms with van der Waals surface area (Å²) in [6.07, 6.45) is 1.55. The third kappa shape index (κ3) is 3.16. The topological polar surface area (TPSA) is 67.3 Å². The van der Waals surface area contributed by atoms with E-state index >= 15 is 0 Å². The Morgan fingerprint density at radius 2 is 1.57 bits per heavy atom. The first-order valence-electron chi connectivity index (χ1n) is 8.71. The van der Waals surface area contributed by atoms with Gasteiger partial charge in [-0.25, -0.2) is 4.98 Å². The summed E-state index contributed by atoms with van der Waals surface area (Å²) in [5, 5.41) is 0. The van der Waals surface area contributed by atoms with Crippen LogP contribution in [0.25, 0.3) is 0 Å². The molecule has 2 atom stereocenters. The van der Waals surface area contributed by atoms with Crippen LogP contribution in [0.2, 0.25) is 0 Å². The quantitative estimate of drug-likeness (QED) is 0.353. The van der Waals surface area contributed by atoms with Crippen molar-refractivity contribution in [2.24, 2.45) is 5.92 Å². The van der Waals surface area contributed by atoms with Gasteiger partial charge in [0.1, 0.15) is 11.7 Å². The molecule has 6 heteroatoms. The Hall–Kier alpha value is -3.12. The number of pyridine rings is 1. The molecule has 1 aromatic heterocycles. The van der Waals surface area contributed by atoms with Crippen LogP contribution in [-0.4, -0.2) is 22.5 Å². The van der Waals surface area contributed by atoms with Crippen molar-refractivity contribution in [2.75, 3.05) is 4.90 Å². The molecule has 2 heterocycles. The number of nitrogens with zero attached hydrogens (tertiary/aromatic N) is 2. The predicted molar refractivity (Wildman–Crippen MR) is 108 cm³/mol. The largest absolute Gasteiger partial charge is 0.297 e. The van der Waals surface area contributed by atoms with Crippen LogP contribution in [0.5, 0.6) is 0 Å². The van der Waals surface area contributed by atoms with Gasteiger partial charge in [0.05, 0.1) is 6.04 Å². The Kier molecular flexibility index (Phi) is 4.88. The summed E-state index contributed by atoms with van der Waals surface area (Å²) in [6, 6.07) is 20.3. The minimum absolute atomic E-state index is 0.348. The van der Waals surface area contributed by atoms with E-state index in [0.29, 0.717) is 16.9 Å². The Bertz CT molecular complexity index is 1040. The molecular weight excluding hydrogens is 420 g/mol. The minimum Gasteiger partial charge on any atom is -0.293 e. The van der Waals surface area contributed by atoms with E-state index in [-0.39, 0.29) is 5.78 Å². The molecule has 5 nitrogen and oxygen atoms in total. The summed E-state index contributed by atoms with van der Waals surface area (Å²) in [5.41, 5.74) is 1.10. The van der Waals surface area contributed by atoms with Gasteiger partial charge >= 0.3 is 0 Å². The second kappa shape index (κ2) is 7.48. The van der Waals surface area contributed by atoms with E-state index in [4.69, 9.17) is 0 Å². The molecule has 0 N–H and O–H groups in total. The number of hydrogen-bond acceptors (Lipinski definition) is 4. The lowest BCUT2D eigenvalue weighted by Gasteiger charge is -2.26. The number of halogens is 1. The molecule has 1 amide bonds. The van der Waals surface area contributed by atoms with Crippen LogP contribution in [0.3, 0.4) is 0 Å². The molecule has 1 fully saturated rings. The highest BCUT2D eigenvalue weighted by Crippen LogP contribution is 2.40. The summed E-state index contributed by atoms with van der Waals surface area (Å²) in [6.45, 7) is 0.